The van der Waals surface area contributed by atoms with Crippen LogP contribution in [0.15, 0.2) is 36.5 Å². The summed E-state index contributed by atoms with van der Waals surface area (Å²) in [5, 5.41) is 5.37. The number of hydrogen-bond acceptors (Lipinski definition) is 5. The molecule has 1 aromatic rings. The van der Waals surface area contributed by atoms with E-state index >= 15 is 0 Å². The summed E-state index contributed by atoms with van der Waals surface area (Å²) in [5.41, 5.74) is 1.02. The second-order valence-electron chi connectivity index (χ2n) is 6.18. The summed E-state index contributed by atoms with van der Waals surface area (Å²) < 4.78 is 16.4. The van der Waals surface area contributed by atoms with Gasteiger partial charge in [0, 0.05) is 17.9 Å². The van der Waals surface area contributed by atoms with Crippen LogP contribution in [0.3, 0.4) is 0 Å². The van der Waals surface area contributed by atoms with Gasteiger partial charge in [-0.15, -0.1) is 0 Å². The van der Waals surface area contributed by atoms with Crippen molar-refractivity contribution >= 4 is 12.0 Å². The summed E-state index contributed by atoms with van der Waals surface area (Å²) in [7, 11) is 0. The Bertz CT molecular complexity index is 662. The normalized spacial score (nSPS) is 19.2. The van der Waals surface area contributed by atoms with Crippen LogP contribution in [0.1, 0.15) is 38.3 Å². The van der Waals surface area contributed by atoms with E-state index in [1.807, 2.05) is 31.2 Å². The number of unbranched alkanes of at least 4 members (excludes halogenated alkanes) is 1. The van der Waals surface area contributed by atoms with Gasteiger partial charge in [0.05, 0.1) is 19.3 Å². The highest BCUT2D eigenvalue weighted by atomic mass is 16.6. The summed E-state index contributed by atoms with van der Waals surface area (Å²) >= 11 is 0. The summed E-state index contributed by atoms with van der Waals surface area (Å²) in [6.45, 7) is 9.39. The van der Waals surface area contributed by atoms with Gasteiger partial charge >= 0.3 is 12.0 Å². The highest BCUT2D eigenvalue weighted by Gasteiger charge is 2.40. The fourth-order valence-electron chi connectivity index (χ4n) is 2.85. The molecule has 2 rings (SSSR count). The summed E-state index contributed by atoms with van der Waals surface area (Å²) in [5.74, 6) is -0.598. The Balaban J connectivity index is 2.21. The van der Waals surface area contributed by atoms with Crippen molar-refractivity contribution in [1.82, 2.24) is 10.6 Å². The number of nitrogens with one attached hydrogen (secondary N) is 2. The SMILES string of the molecule is C=C1NC(=O)N[C@H](c2ccccc2OCCCC)[C@H]1C(=O)OCCOCC. The van der Waals surface area contributed by atoms with Gasteiger partial charge in [0.1, 0.15) is 18.3 Å². The zero-order valence-electron chi connectivity index (χ0n) is 16.0. The van der Waals surface area contributed by atoms with Crippen LogP contribution in [-0.2, 0) is 14.3 Å². The maximum atomic E-state index is 12.7. The second kappa shape index (κ2) is 10.6. The van der Waals surface area contributed by atoms with E-state index < -0.39 is 24.0 Å². The molecule has 0 aromatic heterocycles. The van der Waals surface area contributed by atoms with Gasteiger partial charge in [-0.25, -0.2) is 4.79 Å². The number of rotatable bonds is 10. The van der Waals surface area contributed by atoms with Crippen molar-refractivity contribution in [3.63, 3.8) is 0 Å². The van der Waals surface area contributed by atoms with Crippen molar-refractivity contribution < 1.29 is 23.8 Å². The van der Waals surface area contributed by atoms with E-state index in [0.717, 1.165) is 18.4 Å². The van der Waals surface area contributed by atoms with Crippen LogP contribution in [0.2, 0.25) is 0 Å². The predicted molar refractivity (Wildman–Crippen MR) is 101 cm³/mol. The Morgan fingerprint density at radius 2 is 1.96 bits per heavy atom. The van der Waals surface area contributed by atoms with Crippen LogP contribution < -0.4 is 15.4 Å². The van der Waals surface area contributed by atoms with E-state index in [-0.39, 0.29) is 6.61 Å². The number of carbonyl (C=O) groups excluding carboxylic acids is 2. The average molecular weight is 376 g/mol. The largest absolute Gasteiger partial charge is 0.493 e. The molecular formula is C20H28N2O5. The van der Waals surface area contributed by atoms with Gasteiger partial charge in [0.25, 0.3) is 0 Å². The van der Waals surface area contributed by atoms with Crippen LogP contribution in [0.4, 0.5) is 4.79 Å². The highest BCUT2D eigenvalue weighted by Crippen LogP contribution is 2.35. The first-order valence-electron chi connectivity index (χ1n) is 9.30. The molecule has 1 saturated heterocycles. The smallest absolute Gasteiger partial charge is 0.319 e. The molecule has 1 aliphatic rings. The van der Waals surface area contributed by atoms with Crippen LogP contribution in [0.5, 0.6) is 5.75 Å². The summed E-state index contributed by atoms with van der Waals surface area (Å²) in [6.07, 6.45) is 1.93. The van der Waals surface area contributed by atoms with Gasteiger partial charge in [0.15, 0.2) is 0 Å². The Labute approximate surface area is 160 Å². The molecule has 27 heavy (non-hydrogen) atoms. The summed E-state index contributed by atoms with van der Waals surface area (Å²) in [6, 6.07) is 6.34. The molecule has 0 bridgehead atoms. The summed E-state index contributed by atoms with van der Waals surface area (Å²) in [4.78, 5) is 24.7. The van der Waals surface area contributed by atoms with E-state index in [2.05, 4.69) is 24.1 Å². The quantitative estimate of drug-likeness (QED) is 0.484. The second-order valence-corrected chi connectivity index (χ2v) is 6.18. The maximum absolute atomic E-state index is 12.7. The molecule has 1 heterocycles. The molecule has 0 spiro atoms. The lowest BCUT2D eigenvalue weighted by Crippen LogP contribution is -2.51. The molecule has 2 N–H and O–H groups in total. The van der Waals surface area contributed by atoms with Crippen molar-refractivity contribution in [3.05, 3.63) is 42.1 Å². The van der Waals surface area contributed by atoms with Crippen LogP contribution in [0, 0.1) is 5.92 Å². The molecule has 1 aromatic carbocycles. The average Bonchev–Trinajstić information content (AvgIpc) is 2.65. The van der Waals surface area contributed by atoms with Crippen LogP contribution in [0.25, 0.3) is 0 Å². The van der Waals surface area contributed by atoms with E-state index in [4.69, 9.17) is 14.2 Å². The fourth-order valence-corrected chi connectivity index (χ4v) is 2.85. The molecule has 7 nitrogen and oxygen atoms in total. The molecule has 0 saturated carbocycles. The van der Waals surface area contributed by atoms with Gasteiger partial charge in [-0.2, -0.15) is 0 Å². The molecule has 2 atom stereocenters. The Morgan fingerprint density at radius 3 is 2.70 bits per heavy atom. The first-order chi connectivity index (χ1) is 13.1. The third kappa shape index (κ3) is 5.72. The van der Waals surface area contributed by atoms with E-state index in [9.17, 15) is 9.59 Å². The molecule has 2 amide bonds. The number of esters is 1. The van der Waals surface area contributed by atoms with Crippen molar-refractivity contribution in [2.75, 3.05) is 26.4 Å². The highest BCUT2D eigenvalue weighted by molar-refractivity contribution is 5.85. The monoisotopic (exact) mass is 376 g/mol. The number of ether oxygens (including phenoxy) is 3. The van der Waals surface area contributed by atoms with Gasteiger partial charge < -0.3 is 24.8 Å². The van der Waals surface area contributed by atoms with E-state index in [1.54, 1.807) is 0 Å². The van der Waals surface area contributed by atoms with Crippen molar-refractivity contribution in [2.45, 2.75) is 32.7 Å². The third-order valence-electron chi connectivity index (χ3n) is 4.21. The van der Waals surface area contributed by atoms with E-state index in [1.165, 1.54) is 0 Å². The fraction of sp³-hybridized carbons (Fsp3) is 0.500. The molecule has 0 unspecified atom stereocenters. The molecule has 1 fully saturated rings. The van der Waals surface area contributed by atoms with Gasteiger partial charge in [-0.05, 0) is 19.4 Å². The number of carbonyl (C=O) groups is 2. The van der Waals surface area contributed by atoms with Crippen LogP contribution in [-0.4, -0.2) is 38.4 Å². The van der Waals surface area contributed by atoms with Crippen molar-refractivity contribution in [2.24, 2.45) is 5.92 Å². The minimum atomic E-state index is -0.764. The number of hydrogen-bond donors (Lipinski definition) is 2. The van der Waals surface area contributed by atoms with Gasteiger partial charge in [0.2, 0.25) is 0 Å². The predicted octanol–water partition coefficient (Wildman–Crippen LogP) is 2.93. The van der Waals surface area contributed by atoms with E-state index in [0.29, 0.717) is 31.3 Å². The maximum Gasteiger partial charge on any atom is 0.319 e. The topological polar surface area (TPSA) is 85.9 Å². The lowest BCUT2D eigenvalue weighted by Gasteiger charge is -2.34. The zero-order chi connectivity index (χ0) is 19.6. The van der Waals surface area contributed by atoms with Gasteiger partial charge in [-0.3, -0.25) is 4.79 Å². The number of urea groups is 1. The third-order valence-corrected chi connectivity index (χ3v) is 4.21. The minimum absolute atomic E-state index is 0.145. The molecule has 0 aliphatic carbocycles. The Morgan fingerprint density at radius 1 is 1.19 bits per heavy atom. The van der Waals surface area contributed by atoms with Crippen molar-refractivity contribution in [3.8, 4) is 5.75 Å². The van der Waals surface area contributed by atoms with Crippen molar-refractivity contribution in [1.29, 1.82) is 0 Å². The number of para-hydroxylation sites is 1. The zero-order valence-corrected chi connectivity index (χ0v) is 16.0. The van der Waals surface area contributed by atoms with Gasteiger partial charge in [-0.1, -0.05) is 38.1 Å². The first kappa shape index (κ1) is 20.8. The first-order valence-corrected chi connectivity index (χ1v) is 9.30. The Hall–Kier alpha value is -2.54. The molecule has 0 radical (unpaired) electrons. The lowest BCUT2D eigenvalue weighted by atomic mass is 9.88. The molecule has 148 valence electrons. The Kier molecular flexibility index (Phi) is 8.13. The molecular weight excluding hydrogens is 348 g/mol. The lowest BCUT2D eigenvalue weighted by molar-refractivity contribution is -0.150. The molecule has 7 heteroatoms. The molecule has 1 aliphatic heterocycles. The number of benzene rings is 1. The minimum Gasteiger partial charge on any atom is -0.493 e. The van der Waals surface area contributed by atoms with Crippen LogP contribution >= 0.6 is 0 Å². The standard InChI is InChI=1S/C20H28N2O5/c1-4-6-11-26-16-10-8-7-9-15(16)18-17(14(3)21-20(24)22-18)19(23)27-13-12-25-5-2/h7-10,17-18H,3-6,11-13H2,1-2H3,(H2,21,22,24)/t17-,18+/m0/s1. The number of amides is 2.